The van der Waals surface area contributed by atoms with Gasteiger partial charge in [0.05, 0.1) is 5.92 Å². The molecule has 1 amide bonds. The van der Waals surface area contributed by atoms with E-state index in [4.69, 9.17) is 9.84 Å². The third-order valence-corrected chi connectivity index (χ3v) is 4.09. The van der Waals surface area contributed by atoms with Crippen LogP contribution in [-0.2, 0) is 9.59 Å². The molecule has 1 aliphatic carbocycles. The van der Waals surface area contributed by atoms with Crippen LogP contribution in [0.1, 0.15) is 30.4 Å². The van der Waals surface area contributed by atoms with Gasteiger partial charge in [0.25, 0.3) is 5.91 Å². The van der Waals surface area contributed by atoms with Crippen LogP contribution in [0.2, 0.25) is 0 Å². The van der Waals surface area contributed by atoms with Gasteiger partial charge in [0.15, 0.2) is 6.61 Å². The second-order valence-corrected chi connectivity index (χ2v) is 5.54. The lowest BCUT2D eigenvalue weighted by atomic mass is 10.0. The van der Waals surface area contributed by atoms with E-state index < -0.39 is 11.9 Å². The second kappa shape index (κ2) is 6.61. The zero-order valence-corrected chi connectivity index (χ0v) is 12.4. The van der Waals surface area contributed by atoms with Crippen LogP contribution in [-0.4, -0.2) is 29.6 Å². The number of ether oxygens (including phenoxy) is 1. The number of rotatable bonds is 5. The SMILES string of the molecule is Cc1cccc(OCC(=O)NC2CCCC2C(=O)O)c1C. The maximum absolute atomic E-state index is 11.9. The van der Waals surface area contributed by atoms with Crippen LogP contribution in [0.4, 0.5) is 0 Å². The summed E-state index contributed by atoms with van der Waals surface area (Å²) in [5.74, 6) is -0.900. The first-order chi connectivity index (χ1) is 9.99. The highest BCUT2D eigenvalue weighted by molar-refractivity contribution is 5.79. The molecule has 2 rings (SSSR count). The van der Waals surface area contributed by atoms with Crippen molar-refractivity contribution in [1.29, 1.82) is 0 Å². The molecule has 1 aliphatic rings. The molecule has 1 fully saturated rings. The van der Waals surface area contributed by atoms with Crippen LogP contribution < -0.4 is 10.1 Å². The van der Waals surface area contributed by atoms with E-state index >= 15 is 0 Å². The van der Waals surface area contributed by atoms with Gasteiger partial charge in [-0.15, -0.1) is 0 Å². The lowest BCUT2D eigenvalue weighted by Crippen LogP contribution is -2.42. The first-order valence-electron chi connectivity index (χ1n) is 7.20. The van der Waals surface area contributed by atoms with E-state index in [2.05, 4.69) is 5.32 Å². The van der Waals surface area contributed by atoms with Crippen molar-refractivity contribution in [3.63, 3.8) is 0 Å². The average Bonchev–Trinajstić information content (AvgIpc) is 2.88. The third kappa shape index (κ3) is 3.74. The molecule has 0 saturated heterocycles. The molecule has 2 N–H and O–H groups in total. The Bertz CT molecular complexity index is 541. The smallest absolute Gasteiger partial charge is 0.308 e. The van der Waals surface area contributed by atoms with E-state index in [-0.39, 0.29) is 18.6 Å². The lowest BCUT2D eigenvalue weighted by Gasteiger charge is -2.18. The summed E-state index contributed by atoms with van der Waals surface area (Å²) in [6, 6.07) is 5.41. The summed E-state index contributed by atoms with van der Waals surface area (Å²) in [5.41, 5.74) is 2.12. The molecule has 21 heavy (non-hydrogen) atoms. The fraction of sp³-hybridized carbons (Fsp3) is 0.500. The molecule has 1 aromatic rings. The fourth-order valence-electron chi connectivity index (χ4n) is 2.70. The van der Waals surface area contributed by atoms with Crippen molar-refractivity contribution in [3.05, 3.63) is 29.3 Å². The molecule has 0 aliphatic heterocycles. The van der Waals surface area contributed by atoms with Crippen molar-refractivity contribution >= 4 is 11.9 Å². The number of nitrogens with one attached hydrogen (secondary N) is 1. The van der Waals surface area contributed by atoms with Crippen LogP contribution in [0.15, 0.2) is 18.2 Å². The first-order valence-corrected chi connectivity index (χ1v) is 7.20. The molecule has 2 unspecified atom stereocenters. The Morgan fingerprint density at radius 1 is 1.33 bits per heavy atom. The van der Waals surface area contributed by atoms with Crippen molar-refractivity contribution < 1.29 is 19.4 Å². The normalized spacial score (nSPS) is 21.0. The first kappa shape index (κ1) is 15.4. The van der Waals surface area contributed by atoms with Gasteiger partial charge >= 0.3 is 5.97 Å². The number of aliphatic carboxylic acids is 1. The highest BCUT2D eigenvalue weighted by Crippen LogP contribution is 2.26. The third-order valence-electron chi connectivity index (χ3n) is 4.09. The minimum absolute atomic E-state index is 0.0901. The Hall–Kier alpha value is -2.04. The summed E-state index contributed by atoms with van der Waals surface area (Å²) < 4.78 is 5.53. The van der Waals surface area contributed by atoms with Gasteiger partial charge in [-0.1, -0.05) is 18.6 Å². The molecule has 0 spiro atoms. The number of carboxylic acid groups (broad SMARTS) is 1. The van der Waals surface area contributed by atoms with Crippen LogP contribution >= 0.6 is 0 Å². The van der Waals surface area contributed by atoms with Gasteiger partial charge in [-0.25, -0.2) is 0 Å². The highest BCUT2D eigenvalue weighted by Gasteiger charge is 2.33. The topological polar surface area (TPSA) is 75.6 Å². The number of carbonyl (C=O) groups is 2. The standard InChI is InChI=1S/C16H21NO4/c1-10-5-3-8-14(11(10)2)21-9-15(18)17-13-7-4-6-12(13)16(19)20/h3,5,8,12-13H,4,6-7,9H2,1-2H3,(H,17,18)(H,19,20). The number of carboxylic acids is 1. The van der Waals surface area contributed by atoms with Gasteiger partial charge in [0.2, 0.25) is 0 Å². The Morgan fingerprint density at radius 3 is 2.81 bits per heavy atom. The van der Waals surface area contributed by atoms with E-state index in [1.54, 1.807) is 0 Å². The van der Waals surface area contributed by atoms with Crippen LogP contribution in [0, 0.1) is 19.8 Å². The summed E-state index contributed by atoms with van der Waals surface area (Å²) in [5, 5.41) is 11.9. The van der Waals surface area contributed by atoms with Gasteiger partial charge in [-0.05, 0) is 43.9 Å². The van der Waals surface area contributed by atoms with Crippen molar-refractivity contribution in [2.75, 3.05) is 6.61 Å². The van der Waals surface area contributed by atoms with E-state index in [1.807, 2.05) is 32.0 Å². The minimum atomic E-state index is -0.840. The van der Waals surface area contributed by atoms with Crippen LogP contribution in [0.3, 0.4) is 0 Å². The molecule has 1 saturated carbocycles. The number of carbonyl (C=O) groups excluding carboxylic acids is 1. The average molecular weight is 291 g/mol. The summed E-state index contributed by atoms with van der Waals surface area (Å²) >= 11 is 0. The molecular weight excluding hydrogens is 270 g/mol. The molecule has 2 atom stereocenters. The Balaban J connectivity index is 1.88. The zero-order valence-electron chi connectivity index (χ0n) is 12.4. The highest BCUT2D eigenvalue weighted by atomic mass is 16.5. The maximum atomic E-state index is 11.9. The Labute approximate surface area is 124 Å². The van der Waals surface area contributed by atoms with Crippen molar-refractivity contribution in [2.24, 2.45) is 5.92 Å². The maximum Gasteiger partial charge on any atom is 0.308 e. The molecule has 0 bridgehead atoms. The Morgan fingerprint density at radius 2 is 2.10 bits per heavy atom. The Kier molecular flexibility index (Phi) is 4.83. The minimum Gasteiger partial charge on any atom is -0.483 e. The summed E-state index contributed by atoms with van der Waals surface area (Å²) in [7, 11) is 0. The van der Waals surface area contributed by atoms with Gasteiger partial charge in [0.1, 0.15) is 5.75 Å². The van der Waals surface area contributed by atoms with E-state index in [0.29, 0.717) is 18.6 Å². The molecule has 5 nitrogen and oxygen atoms in total. The number of aryl methyl sites for hydroxylation is 1. The largest absolute Gasteiger partial charge is 0.483 e. The van der Waals surface area contributed by atoms with Gasteiger partial charge in [0, 0.05) is 6.04 Å². The zero-order chi connectivity index (χ0) is 15.4. The molecule has 0 radical (unpaired) electrons. The van der Waals surface area contributed by atoms with Crippen molar-refractivity contribution in [2.45, 2.75) is 39.2 Å². The molecule has 0 aromatic heterocycles. The van der Waals surface area contributed by atoms with Crippen molar-refractivity contribution in [3.8, 4) is 5.75 Å². The molecule has 114 valence electrons. The van der Waals surface area contributed by atoms with Gasteiger partial charge in [-0.2, -0.15) is 0 Å². The molecule has 1 aromatic carbocycles. The fourth-order valence-corrected chi connectivity index (χ4v) is 2.70. The van der Waals surface area contributed by atoms with E-state index in [0.717, 1.165) is 17.5 Å². The number of amides is 1. The summed E-state index contributed by atoms with van der Waals surface area (Å²) in [6.07, 6.45) is 2.17. The van der Waals surface area contributed by atoms with E-state index in [9.17, 15) is 9.59 Å². The van der Waals surface area contributed by atoms with Gasteiger partial charge < -0.3 is 15.2 Å². The number of hydrogen-bond acceptors (Lipinski definition) is 3. The van der Waals surface area contributed by atoms with Crippen LogP contribution in [0.25, 0.3) is 0 Å². The molecule has 5 heteroatoms. The predicted octanol–water partition coefficient (Wildman–Crippen LogP) is 2.05. The number of hydrogen-bond donors (Lipinski definition) is 2. The lowest BCUT2D eigenvalue weighted by molar-refractivity contribution is -0.142. The summed E-state index contributed by atoms with van der Waals surface area (Å²) in [4.78, 5) is 23.0. The van der Waals surface area contributed by atoms with E-state index in [1.165, 1.54) is 0 Å². The molecular formula is C16H21NO4. The molecule has 0 heterocycles. The monoisotopic (exact) mass is 291 g/mol. The summed E-state index contributed by atoms with van der Waals surface area (Å²) in [6.45, 7) is 3.84. The quantitative estimate of drug-likeness (QED) is 0.870. The second-order valence-electron chi connectivity index (χ2n) is 5.54. The van der Waals surface area contributed by atoms with Crippen LogP contribution in [0.5, 0.6) is 5.75 Å². The predicted molar refractivity (Wildman–Crippen MR) is 78.3 cm³/mol. The van der Waals surface area contributed by atoms with Gasteiger partial charge in [-0.3, -0.25) is 9.59 Å². The number of benzene rings is 1. The van der Waals surface area contributed by atoms with Crippen molar-refractivity contribution in [1.82, 2.24) is 5.32 Å².